The largest absolute Gasteiger partial charge is 0.332 e. The molecular weight excluding hydrogens is 442 g/mol. The van der Waals surface area contributed by atoms with E-state index in [2.05, 4.69) is 48.4 Å². The molecule has 1 saturated heterocycles. The van der Waals surface area contributed by atoms with Crippen LogP contribution in [-0.2, 0) is 16.1 Å². The number of thiazole rings is 1. The number of carbonyl (C=O) groups excluding carboxylic acids is 2. The van der Waals surface area contributed by atoms with Crippen LogP contribution in [0.1, 0.15) is 49.4 Å². The van der Waals surface area contributed by atoms with E-state index in [0.29, 0.717) is 6.54 Å². The Balaban J connectivity index is 0.000000196. The second-order valence-electron chi connectivity index (χ2n) is 9.00. The molecule has 0 bridgehead atoms. The smallest absolute Gasteiger partial charge is 0.230 e. The Morgan fingerprint density at radius 2 is 1.88 bits per heavy atom. The lowest BCUT2D eigenvalue weighted by molar-refractivity contribution is -0.136. The lowest BCUT2D eigenvalue weighted by atomic mass is 9.87. The van der Waals surface area contributed by atoms with Crippen molar-refractivity contribution >= 4 is 23.5 Å². The van der Waals surface area contributed by atoms with E-state index < -0.39 is 0 Å². The predicted molar refractivity (Wildman–Crippen MR) is 140 cm³/mol. The van der Waals surface area contributed by atoms with E-state index in [9.17, 15) is 9.59 Å². The number of likely N-dealkylation sites (tertiary alicyclic amines) is 1. The van der Waals surface area contributed by atoms with E-state index in [1.165, 1.54) is 16.0 Å². The van der Waals surface area contributed by atoms with Gasteiger partial charge >= 0.3 is 0 Å². The minimum Gasteiger partial charge on any atom is -0.332 e. The molecule has 1 N–H and O–H groups in total. The Kier molecular flexibility index (Phi) is 9.54. The SMILES string of the molecule is CC(C)C(C(=O)N1CCCC1C=O)c1ccccc1.CNCc1ccc(-c2scnc2C)cc1. The summed E-state index contributed by atoms with van der Waals surface area (Å²) in [6.07, 6.45) is 2.64. The summed E-state index contributed by atoms with van der Waals surface area (Å²) in [5, 5.41) is 3.14. The van der Waals surface area contributed by atoms with Gasteiger partial charge in [0.15, 0.2) is 0 Å². The lowest BCUT2D eigenvalue weighted by Gasteiger charge is -2.28. The molecular formula is C28H35N3O2S. The highest BCUT2D eigenvalue weighted by Crippen LogP contribution is 2.30. The zero-order chi connectivity index (χ0) is 24.5. The first-order valence-electron chi connectivity index (χ1n) is 11.9. The highest BCUT2D eigenvalue weighted by atomic mass is 32.1. The van der Waals surface area contributed by atoms with Gasteiger partial charge in [0.1, 0.15) is 6.29 Å². The maximum Gasteiger partial charge on any atom is 0.230 e. The Morgan fingerprint density at radius 1 is 1.18 bits per heavy atom. The minimum atomic E-state index is -0.225. The first kappa shape index (κ1) is 25.8. The summed E-state index contributed by atoms with van der Waals surface area (Å²) < 4.78 is 0. The van der Waals surface area contributed by atoms with Crippen molar-refractivity contribution in [3.8, 4) is 10.4 Å². The Bertz CT molecular complexity index is 1050. The number of nitrogens with one attached hydrogen (secondary N) is 1. The molecule has 1 amide bonds. The van der Waals surface area contributed by atoms with Crippen LogP contribution in [0.15, 0.2) is 60.1 Å². The molecule has 0 saturated carbocycles. The third-order valence-electron chi connectivity index (χ3n) is 6.17. The molecule has 1 fully saturated rings. The highest BCUT2D eigenvalue weighted by Gasteiger charge is 2.34. The molecule has 1 aliphatic heterocycles. The van der Waals surface area contributed by atoms with Crippen molar-refractivity contribution in [2.75, 3.05) is 13.6 Å². The molecule has 2 aromatic carbocycles. The van der Waals surface area contributed by atoms with Crippen molar-refractivity contribution in [1.29, 1.82) is 0 Å². The quantitative estimate of drug-likeness (QED) is 0.460. The van der Waals surface area contributed by atoms with Gasteiger partial charge in [-0.1, -0.05) is 68.4 Å². The third-order valence-corrected chi connectivity index (χ3v) is 7.15. The van der Waals surface area contributed by atoms with Gasteiger partial charge in [-0.25, -0.2) is 4.98 Å². The molecule has 2 atom stereocenters. The topological polar surface area (TPSA) is 62.3 Å². The van der Waals surface area contributed by atoms with E-state index in [-0.39, 0.29) is 23.8 Å². The van der Waals surface area contributed by atoms with Gasteiger partial charge < -0.3 is 15.0 Å². The van der Waals surface area contributed by atoms with Crippen molar-refractivity contribution in [3.63, 3.8) is 0 Å². The van der Waals surface area contributed by atoms with Crippen LogP contribution in [0.4, 0.5) is 0 Å². The number of aryl methyl sites for hydroxylation is 1. The van der Waals surface area contributed by atoms with Crippen LogP contribution in [0.5, 0.6) is 0 Å². The summed E-state index contributed by atoms with van der Waals surface area (Å²) in [6, 6.07) is 18.3. The molecule has 1 aliphatic rings. The van der Waals surface area contributed by atoms with Gasteiger partial charge in [0.25, 0.3) is 0 Å². The summed E-state index contributed by atoms with van der Waals surface area (Å²) in [5.41, 5.74) is 6.62. The average Bonchev–Trinajstić information content (AvgIpc) is 3.50. The maximum absolute atomic E-state index is 12.7. The monoisotopic (exact) mass is 477 g/mol. The standard InChI is InChI=1S/C16H21NO2.C12H14N2S/c1-12(2)15(13-7-4-3-5-8-13)16(19)17-10-6-9-14(17)11-18;1-9-12(15-8-14-9)11-5-3-10(4-6-11)7-13-2/h3-5,7-8,11-12,14-15H,6,9-10H2,1-2H3;3-6,8,13H,7H2,1-2H3. The maximum atomic E-state index is 12.7. The van der Waals surface area contributed by atoms with Crippen molar-refractivity contribution < 1.29 is 9.59 Å². The molecule has 2 heterocycles. The fourth-order valence-corrected chi connectivity index (χ4v) is 5.23. The third kappa shape index (κ3) is 6.39. The van der Waals surface area contributed by atoms with Crippen molar-refractivity contribution in [2.45, 2.75) is 52.1 Å². The molecule has 4 rings (SSSR count). The zero-order valence-corrected chi connectivity index (χ0v) is 21.3. The van der Waals surface area contributed by atoms with E-state index in [0.717, 1.165) is 36.9 Å². The molecule has 1 aromatic heterocycles. The number of rotatable bonds is 7. The summed E-state index contributed by atoms with van der Waals surface area (Å²) in [7, 11) is 1.96. The second-order valence-corrected chi connectivity index (χ2v) is 9.86. The van der Waals surface area contributed by atoms with Crippen molar-refractivity contribution in [3.05, 3.63) is 76.9 Å². The molecule has 34 heavy (non-hydrogen) atoms. The number of nitrogens with zero attached hydrogens (tertiary/aromatic N) is 2. The van der Waals surface area contributed by atoms with Gasteiger partial charge in [0, 0.05) is 13.1 Å². The summed E-state index contributed by atoms with van der Waals surface area (Å²) in [4.78, 5) is 31.1. The van der Waals surface area contributed by atoms with Crippen LogP contribution in [0, 0.1) is 12.8 Å². The minimum absolute atomic E-state index is 0.0933. The zero-order valence-electron chi connectivity index (χ0n) is 20.5. The molecule has 5 nitrogen and oxygen atoms in total. The van der Waals surface area contributed by atoms with E-state index >= 15 is 0 Å². The molecule has 6 heteroatoms. The fourth-order valence-electron chi connectivity index (χ4n) is 4.42. The predicted octanol–water partition coefficient (Wildman–Crippen LogP) is 5.45. The van der Waals surface area contributed by atoms with Crippen LogP contribution < -0.4 is 5.32 Å². The lowest BCUT2D eigenvalue weighted by Crippen LogP contribution is -2.40. The Hall–Kier alpha value is -2.83. The first-order valence-corrected chi connectivity index (χ1v) is 12.8. The number of carbonyl (C=O) groups is 2. The molecule has 0 radical (unpaired) electrons. The molecule has 0 aliphatic carbocycles. The summed E-state index contributed by atoms with van der Waals surface area (Å²) in [5.74, 6) is 0.167. The molecule has 180 valence electrons. The fraction of sp³-hybridized carbons (Fsp3) is 0.393. The van der Waals surface area contributed by atoms with Crippen LogP contribution in [-0.4, -0.2) is 41.7 Å². The highest BCUT2D eigenvalue weighted by molar-refractivity contribution is 7.13. The van der Waals surface area contributed by atoms with Gasteiger partial charge in [-0.3, -0.25) is 4.79 Å². The number of aromatic nitrogens is 1. The van der Waals surface area contributed by atoms with E-state index in [4.69, 9.17) is 0 Å². The van der Waals surface area contributed by atoms with Gasteiger partial charge in [-0.15, -0.1) is 11.3 Å². The van der Waals surface area contributed by atoms with Crippen LogP contribution in [0.3, 0.4) is 0 Å². The van der Waals surface area contributed by atoms with Crippen LogP contribution >= 0.6 is 11.3 Å². The van der Waals surface area contributed by atoms with Crippen LogP contribution in [0.25, 0.3) is 10.4 Å². The Labute approximate surface area is 207 Å². The van der Waals surface area contributed by atoms with Gasteiger partial charge in [-0.2, -0.15) is 0 Å². The van der Waals surface area contributed by atoms with Gasteiger partial charge in [-0.05, 0) is 49.4 Å². The number of hydrogen-bond acceptors (Lipinski definition) is 5. The van der Waals surface area contributed by atoms with Gasteiger partial charge in [0.2, 0.25) is 5.91 Å². The summed E-state index contributed by atoms with van der Waals surface area (Å²) in [6.45, 7) is 7.79. The van der Waals surface area contributed by atoms with Crippen LogP contribution in [0.2, 0.25) is 0 Å². The second kappa shape index (κ2) is 12.6. The van der Waals surface area contributed by atoms with E-state index in [1.807, 2.05) is 49.8 Å². The molecule has 3 aromatic rings. The molecule has 0 spiro atoms. The van der Waals surface area contributed by atoms with E-state index in [1.54, 1.807) is 16.2 Å². The van der Waals surface area contributed by atoms with Crippen molar-refractivity contribution in [2.24, 2.45) is 5.92 Å². The molecule has 2 unspecified atom stereocenters. The van der Waals surface area contributed by atoms with Gasteiger partial charge in [0.05, 0.1) is 28.0 Å². The number of benzene rings is 2. The first-order chi connectivity index (χ1) is 16.5. The Morgan fingerprint density at radius 3 is 2.44 bits per heavy atom. The normalized spacial score (nSPS) is 16.1. The summed E-state index contributed by atoms with van der Waals surface area (Å²) >= 11 is 1.70. The van der Waals surface area contributed by atoms with Crippen molar-refractivity contribution in [1.82, 2.24) is 15.2 Å². The number of aldehydes is 1. The number of amides is 1. The number of hydrogen-bond donors (Lipinski definition) is 1. The average molecular weight is 478 g/mol.